The summed E-state index contributed by atoms with van der Waals surface area (Å²) in [6.07, 6.45) is 3.11. The summed E-state index contributed by atoms with van der Waals surface area (Å²) in [5, 5.41) is 11.8. The van der Waals surface area contributed by atoms with Crippen LogP contribution in [0.1, 0.15) is 36.5 Å². The number of hydrogen-bond donors (Lipinski definition) is 2. The fraction of sp³-hybridized carbons (Fsp3) is 0.429. The first-order valence-electron chi connectivity index (χ1n) is 6.50. The molecule has 0 aliphatic carbocycles. The lowest BCUT2D eigenvalue weighted by Crippen LogP contribution is -2.32. The number of nitrogens with one attached hydrogen (secondary N) is 1. The lowest BCUT2D eigenvalue weighted by molar-refractivity contribution is 0.0698. The van der Waals surface area contributed by atoms with Gasteiger partial charge in [-0.3, -0.25) is 0 Å². The molecular formula is C14H19IN2O3. The molecule has 0 spiro atoms. The van der Waals surface area contributed by atoms with Crippen molar-refractivity contribution in [1.82, 2.24) is 4.90 Å². The second-order valence-electron chi connectivity index (χ2n) is 4.55. The lowest BCUT2D eigenvalue weighted by atomic mass is 10.2. The van der Waals surface area contributed by atoms with E-state index in [1.54, 1.807) is 24.1 Å². The molecule has 0 saturated carbocycles. The smallest absolute Gasteiger partial charge is 0.337 e. The molecule has 1 aromatic carbocycles. The number of benzene rings is 1. The van der Waals surface area contributed by atoms with Crippen LogP contribution in [0.2, 0.25) is 0 Å². The molecule has 110 valence electrons. The standard InChI is InChI=1S/C14H19IN2O3/c1-3-4-5-8-17(2)14(20)16-12-7-6-10(15)9-11(12)13(18)19/h6-7,9H,3-5,8H2,1-2H3,(H,16,20)(H,18,19). The van der Waals surface area contributed by atoms with Gasteiger partial charge in [0.2, 0.25) is 0 Å². The number of carbonyl (C=O) groups is 2. The van der Waals surface area contributed by atoms with Crippen LogP contribution in [0, 0.1) is 3.57 Å². The predicted octanol–water partition coefficient (Wildman–Crippen LogP) is 3.64. The van der Waals surface area contributed by atoms with Crippen molar-refractivity contribution in [2.45, 2.75) is 26.2 Å². The second kappa shape index (κ2) is 8.08. The van der Waals surface area contributed by atoms with Crippen molar-refractivity contribution in [2.75, 3.05) is 18.9 Å². The van der Waals surface area contributed by atoms with Crippen LogP contribution in [0.4, 0.5) is 10.5 Å². The Balaban J connectivity index is 2.72. The maximum atomic E-state index is 12.0. The molecule has 0 aliphatic heterocycles. The van der Waals surface area contributed by atoms with Crippen LogP contribution in [-0.2, 0) is 0 Å². The van der Waals surface area contributed by atoms with Gasteiger partial charge in [-0.2, -0.15) is 0 Å². The Kier molecular flexibility index (Phi) is 6.77. The Morgan fingerprint density at radius 1 is 1.35 bits per heavy atom. The minimum atomic E-state index is -1.05. The fourth-order valence-corrected chi connectivity index (χ4v) is 2.20. The molecule has 1 aromatic rings. The molecule has 0 fully saturated rings. The molecule has 2 N–H and O–H groups in total. The van der Waals surface area contributed by atoms with E-state index in [4.69, 9.17) is 5.11 Å². The summed E-state index contributed by atoms with van der Waals surface area (Å²) in [5.41, 5.74) is 0.428. The summed E-state index contributed by atoms with van der Waals surface area (Å²) in [5.74, 6) is -1.05. The number of rotatable bonds is 6. The summed E-state index contributed by atoms with van der Waals surface area (Å²) in [7, 11) is 1.71. The Labute approximate surface area is 132 Å². The first-order chi connectivity index (χ1) is 9.45. The van der Waals surface area contributed by atoms with Crippen LogP contribution in [0.25, 0.3) is 0 Å². The third-order valence-corrected chi connectivity index (χ3v) is 3.57. The van der Waals surface area contributed by atoms with E-state index in [-0.39, 0.29) is 11.6 Å². The highest BCUT2D eigenvalue weighted by Crippen LogP contribution is 2.19. The van der Waals surface area contributed by atoms with Crippen LogP contribution >= 0.6 is 22.6 Å². The van der Waals surface area contributed by atoms with Gasteiger partial charge in [0, 0.05) is 17.2 Å². The highest BCUT2D eigenvalue weighted by Gasteiger charge is 2.15. The quantitative estimate of drug-likeness (QED) is 0.576. The molecule has 0 bridgehead atoms. The van der Waals surface area contributed by atoms with Gasteiger partial charge in [0.1, 0.15) is 0 Å². The fourth-order valence-electron chi connectivity index (χ4n) is 1.71. The number of amides is 2. The van der Waals surface area contributed by atoms with Crippen LogP contribution in [0.5, 0.6) is 0 Å². The average molecular weight is 390 g/mol. The molecule has 0 atom stereocenters. The van der Waals surface area contributed by atoms with Gasteiger partial charge in [-0.05, 0) is 47.2 Å². The molecular weight excluding hydrogens is 371 g/mol. The zero-order valence-corrected chi connectivity index (χ0v) is 13.8. The largest absolute Gasteiger partial charge is 0.478 e. The molecule has 5 nitrogen and oxygen atoms in total. The Morgan fingerprint density at radius 3 is 2.65 bits per heavy atom. The maximum Gasteiger partial charge on any atom is 0.337 e. The van der Waals surface area contributed by atoms with Crippen LogP contribution in [-0.4, -0.2) is 35.6 Å². The molecule has 0 aromatic heterocycles. The number of aromatic carboxylic acids is 1. The summed E-state index contributed by atoms with van der Waals surface area (Å²) in [4.78, 5) is 24.7. The Morgan fingerprint density at radius 2 is 2.05 bits per heavy atom. The van der Waals surface area contributed by atoms with Gasteiger partial charge in [-0.15, -0.1) is 0 Å². The van der Waals surface area contributed by atoms with E-state index in [1.165, 1.54) is 6.07 Å². The molecule has 0 aliphatic rings. The van der Waals surface area contributed by atoms with Crippen LogP contribution in [0.15, 0.2) is 18.2 Å². The van der Waals surface area contributed by atoms with E-state index in [1.807, 2.05) is 22.6 Å². The van der Waals surface area contributed by atoms with Gasteiger partial charge in [0.15, 0.2) is 0 Å². The number of carboxylic acid groups (broad SMARTS) is 1. The highest BCUT2D eigenvalue weighted by molar-refractivity contribution is 14.1. The van der Waals surface area contributed by atoms with Crippen molar-refractivity contribution in [1.29, 1.82) is 0 Å². The summed E-state index contributed by atoms with van der Waals surface area (Å²) in [6, 6.07) is 4.63. The van der Waals surface area contributed by atoms with Crippen molar-refractivity contribution < 1.29 is 14.7 Å². The van der Waals surface area contributed by atoms with Crippen molar-refractivity contribution in [3.8, 4) is 0 Å². The number of unbranched alkanes of at least 4 members (excludes halogenated alkanes) is 2. The highest BCUT2D eigenvalue weighted by atomic mass is 127. The van der Waals surface area contributed by atoms with Crippen molar-refractivity contribution in [3.05, 3.63) is 27.3 Å². The number of nitrogens with zero attached hydrogens (tertiary/aromatic N) is 1. The monoisotopic (exact) mass is 390 g/mol. The number of carbonyl (C=O) groups excluding carboxylic acids is 1. The molecule has 0 saturated heterocycles. The summed E-state index contributed by atoms with van der Waals surface area (Å²) >= 11 is 2.04. The van der Waals surface area contributed by atoms with Crippen molar-refractivity contribution in [2.24, 2.45) is 0 Å². The lowest BCUT2D eigenvalue weighted by Gasteiger charge is -2.18. The third kappa shape index (κ3) is 4.99. The van der Waals surface area contributed by atoms with Crippen molar-refractivity contribution in [3.63, 3.8) is 0 Å². The molecule has 0 radical (unpaired) electrons. The number of carboxylic acids is 1. The van der Waals surface area contributed by atoms with Gasteiger partial charge in [-0.25, -0.2) is 9.59 Å². The summed E-state index contributed by atoms with van der Waals surface area (Å²) < 4.78 is 0.814. The third-order valence-electron chi connectivity index (χ3n) is 2.90. The minimum Gasteiger partial charge on any atom is -0.478 e. The number of urea groups is 1. The van der Waals surface area contributed by atoms with Gasteiger partial charge in [0.25, 0.3) is 0 Å². The van der Waals surface area contributed by atoms with Crippen LogP contribution in [0.3, 0.4) is 0 Å². The van der Waals surface area contributed by atoms with Gasteiger partial charge in [-0.1, -0.05) is 19.8 Å². The zero-order valence-electron chi connectivity index (χ0n) is 11.6. The molecule has 1 rings (SSSR count). The zero-order chi connectivity index (χ0) is 15.1. The number of hydrogen-bond acceptors (Lipinski definition) is 2. The summed E-state index contributed by atoms with van der Waals surface area (Å²) in [6.45, 7) is 2.76. The topological polar surface area (TPSA) is 69.6 Å². The van der Waals surface area contributed by atoms with E-state index in [0.29, 0.717) is 12.2 Å². The molecule has 6 heteroatoms. The molecule has 2 amide bonds. The van der Waals surface area contributed by atoms with E-state index in [9.17, 15) is 9.59 Å². The van der Waals surface area contributed by atoms with Gasteiger partial charge >= 0.3 is 12.0 Å². The van der Waals surface area contributed by atoms with E-state index in [0.717, 1.165) is 22.8 Å². The van der Waals surface area contributed by atoms with E-state index >= 15 is 0 Å². The molecule has 20 heavy (non-hydrogen) atoms. The Bertz CT molecular complexity index is 491. The van der Waals surface area contributed by atoms with Crippen molar-refractivity contribution >= 4 is 40.3 Å². The van der Waals surface area contributed by atoms with Gasteiger partial charge in [0.05, 0.1) is 11.3 Å². The number of anilines is 1. The van der Waals surface area contributed by atoms with E-state index in [2.05, 4.69) is 12.2 Å². The second-order valence-corrected chi connectivity index (χ2v) is 5.80. The van der Waals surface area contributed by atoms with Gasteiger partial charge < -0.3 is 15.3 Å². The molecule has 0 unspecified atom stereocenters. The predicted molar refractivity (Wildman–Crippen MR) is 87.3 cm³/mol. The first-order valence-corrected chi connectivity index (χ1v) is 7.58. The molecule has 0 heterocycles. The first kappa shape index (κ1) is 16.7. The van der Waals surface area contributed by atoms with E-state index < -0.39 is 5.97 Å². The van der Waals surface area contributed by atoms with Crippen LogP contribution < -0.4 is 5.32 Å². The SMILES string of the molecule is CCCCCN(C)C(=O)Nc1ccc(I)cc1C(=O)O. The number of halogens is 1. The Hall–Kier alpha value is -1.31. The normalized spacial score (nSPS) is 10.2. The maximum absolute atomic E-state index is 12.0. The average Bonchev–Trinajstić information content (AvgIpc) is 2.40. The minimum absolute atomic E-state index is 0.104.